The van der Waals surface area contributed by atoms with Crippen LogP contribution in [0.1, 0.15) is 16.2 Å². The molecular formula is C20H23ClF3N5O4. The van der Waals surface area contributed by atoms with E-state index in [1.807, 2.05) is 4.90 Å². The molecule has 2 heterocycles. The number of anilines is 1. The van der Waals surface area contributed by atoms with Gasteiger partial charge in [0, 0.05) is 31.9 Å². The van der Waals surface area contributed by atoms with Crippen molar-refractivity contribution in [2.24, 2.45) is 0 Å². The van der Waals surface area contributed by atoms with Crippen LogP contribution in [0.3, 0.4) is 0 Å². The van der Waals surface area contributed by atoms with Gasteiger partial charge < -0.3 is 14.8 Å². The van der Waals surface area contributed by atoms with Gasteiger partial charge >= 0.3 is 12.3 Å². The van der Waals surface area contributed by atoms with Crippen LogP contribution in [0.25, 0.3) is 0 Å². The van der Waals surface area contributed by atoms with Crippen LogP contribution in [0.5, 0.6) is 5.75 Å². The molecule has 2 aromatic rings. The Morgan fingerprint density at radius 1 is 1.12 bits per heavy atom. The number of amides is 1. The summed E-state index contributed by atoms with van der Waals surface area (Å²) in [5, 5.41) is 7.15. The summed E-state index contributed by atoms with van der Waals surface area (Å²) in [4.78, 5) is 28.1. The second-order valence-electron chi connectivity index (χ2n) is 7.40. The van der Waals surface area contributed by atoms with Crippen molar-refractivity contribution in [2.75, 3.05) is 45.2 Å². The van der Waals surface area contributed by atoms with Gasteiger partial charge in [-0.1, -0.05) is 11.6 Å². The molecule has 0 radical (unpaired) electrons. The van der Waals surface area contributed by atoms with Crippen molar-refractivity contribution in [1.29, 1.82) is 0 Å². The van der Waals surface area contributed by atoms with Gasteiger partial charge in [0.2, 0.25) is 5.91 Å². The monoisotopic (exact) mass is 489 g/mol. The fourth-order valence-corrected chi connectivity index (χ4v) is 3.52. The quantitative estimate of drug-likeness (QED) is 0.598. The van der Waals surface area contributed by atoms with Crippen LogP contribution in [-0.4, -0.2) is 77.7 Å². The SMILES string of the molecule is COC(=O)c1nn(CN2CCN(CC(=O)Nc3ccc(OC(F)(F)F)cc3)CC2)c(C)c1Cl. The molecule has 3 rings (SSSR count). The average Bonchev–Trinajstić information content (AvgIpc) is 3.03. The van der Waals surface area contributed by atoms with Gasteiger partial charge in [0.25, 0.3) is 0 Å². The number of carbonyl (C=O) groups is 2. The Morgan fingerprint density at radius 2 is 1.73 bits per heavy atom. The second-order valence-corrected chi connectivity index (χ2v) is 7.77. The van der Waals surface area contributed by atoms with Crippen LogP contribution >= 0.6 is 11.6 Å². The van der Waals surface area contributed by atoms with E-state index in [9.17, 15) is 22.8 Å². The molecule has 1 fully saturated rings. The molecule has 0 spiro atoms. The van der Waals surface area contributed by atoms with E-state index in [1.165, 1.54) is 19.2 Å². The number of ether oxygens (including phenoxy) is 2. The van der Waals surface area contributed by atoms with Gasteiger partial charge in [0.15, 0.2) is 5.69 Å². The van der Waals surface area contributed by atoms with Crippen LogP contribution in [-0.2, 0) is 16.2 Å². The highest BCUT2D eigenvalue weighted by atomic mass is 35.5. The number of halogens is 4. The van der Waals surface area contributed by atoms with E-state index in [2.05, 4.69) is 24.8 Å². The Bertz CT molecular complexity index is 989. The van der Waals surface area contributed by atoms with E-state index in [-0.39, 0.29) is 28.9 Å². The number of carbonyl (C=O) groups excluding carboxylic acids is 2. The number of aromatic nitrogens is 2. The first-order valence-corrected chi connectivity index (χ1v) is 10.3. The lowest BCUT2D eigenvalue weighted by atomic mass is 10.3. The summed E-state index contributed by atoms with van der Waals surface area (Å²) < 4.78 is 46.8. The number of hydrogen-bond donors (Lipinski definition) is 1. The van der Waals surface area contributed by atoms with E-state index < -0.39 is 12.3 Å². The molecule has 1 aliphatic rings. The zero-order chi connectivity index (χ0) is 24.2. The van der Waals surface area contributed by atoms with Gasteiger partial charge in [-0.2, -0.15) is 5.10 Å². The molecule has 9 nitrogen and oxygen atoms in total. The van der Waals surface area contributed by atoms with Crippen molar-refractivity contribution in [2.45, 2.75) is 20.0 Å². The Labute approximate surface area is 193 Å². The molecule has 0 aliphatic carbocycles. The van der Waals surface area contributed by atoms with Gasteiger partial charge in [0.05, 0.1) is 31.0 Å². The number of nitrogens with one attached hydrogen (secondary N) is 1. The third kappa shape index (κ3) is 6.83. The standard InChI is InChI=1S/C20H23ClF3N5O4/c1-13-17(21)18(19(31)32-2)26-29(13)12-28-9-7-27(8-10-28)11-16(30)25-14-3-5-15(6-4-14)33-20(22,23)24/h3-6H,7-12H2,1-2H3,(H,25,30). The first-order chi connectivity index (χ1) is 15.6. The maximum Gasteiger partial charge on any atom is 0.573 e. The summed E-state index contributed by atoms with van der Waals surface area (Å²) in [6.45, 7) is 4.95. The van der Waals surface area contributed by atoms with Crippen LogP contribution in [0.4, 0.5) is 18.9 Å². The zero-order valence-corrected chi connectivity index (χ0v) is 18.7. The molecular weight excluding hydrogens is 467 g/mol. The smallest absolute Gasteiger partial charge is 0.464 e. The summed E-state index contributed by atoms with van der Waals surface area (Å²) in [6.07, 6.45) is -4.76. The first-order valence-electron chi connectivity index (χ1n) is 9.97. The fraction of sp³-hybridized carbons (Fsp3) is 0.450. The Hall–Kier alpha value is -2.83. The number of nitrogens with zero attached hydrogens (tertiary/aromatic N) is 4. The second kappa shape index (κ2) is 10.4. The van der Waals surface area contributed by atoms with E-state index in [0.717, 1.165) is 12.1 Å². The largest absolute Gasteiger partial charge is 0.573 e. The van der Waals surface area contributed by atoms with Crippen molar-refractivity contribution in [3.8, 4) is 5.75 Å². The van der Waals surface area contributed by atoms with Crippen LogP contribution < -0.4 is 10.1 Å². The molecule has 0 atom stereocenters. The van der Waals surface area contributed by atoms with Crippen molar-refractivity contribution in [3.63, 3.8) is 0 Å². The Kier molecular flexibility index (Phi) is 7.82. The minimum atomic E-state index is -4.76. The molecule has 1 amide bonds. The molecule has 0 bridgehead atoms. The van der Waals surface area contributed by atoms with Crippen LogP contribution in [0.15, 0.2) is 24.3 Å². The molecule has 1 aromatic carbocycles. The number of rotatable bonds is 7. The maximum atomic E-state index is 12.3. The number of alkyl halides is 3. The summed E-state index contributed by atoms with van der Waals surface area (Å²) in [6, 6.07) is 4.96. The van der Waals surface area contributed by atoms with Crippen molar-refractivity contribution in [1.82, 2.24) is 19.6 Å². The highest BCUT2D eigenvalue weighted by molar-refractivity contribution is 6.33. The van der Waals surface area contributed by atoms with Crippen molar-refractivity contribution in [3.05, 3.63) is 40.7 Å². The lowest BCUT2D eigenvalue weighted by molar-refractivity contribution is -0.274. The zero-order valence-electron chi connectivity index (χ0n) is 18.0. The van der Waals surface area contributed by atoms with Gasteiger partial charge in [0.1, 0.15) is 5.75 Å². The van der Waals surface area contributed by atoms with Crippen LogP contribution in [0.2, 0.25) is 5.02 Å². The number of hydrogen-bond acceptors (Lipinski definition) is 7. The van der Waals surface area contributed by atoms with Crippen molar-refractivity contribution >= 4 is 29.2 Å². The summed E-state index contributed by atoms with van der Waals surface area (Å²) in [5.74, 6) is -1.23. The number of methoxy groups -OCH3 is 1. The molecule has 33 heavy (non-hydrogen) atoms. The van der Waals surface area contributed by atoms with Gasteiger partial charge in [-0.05, 0) is 31.2 Å². The summed E-state index contributed by atoms with van der Waals surface area (Å²) >= 11 is 6.18. The predicted octanol–water partition coefficient (Wildman–Crippen LogP) is 2.74. The lowest BCUT2D eigenvalue weighted by Crippen LogP contribution is -2.49. The van der Waals surface area contributed by atoms with Gasteiger partial charge in [-0.15, -0.1) is 13.2 Å². The number of benzene rings is 1. The highest BCUT2D eigenvalue weighted by Gasteiger charge is 2.31. The number of esters is 1. The molecule has 1 aliphatic heterocycles. The van der Waals surface area contributed by atoms with E-state index in [4.69, 9.17) is 11.6 Å². The maximum absolute atomic E-state index is 12.3. The molecule has 0 unspecified atom stereocenters. The Balaban J connectivity index is 1.46. The number of piperazine rings is 1. The average molecular weight is 490 g/mol. The fourth-order valence-electron chi connectivity index (χ4n) is 3.31. The third-order valence-electron chi connectivity index (χ3n) is 5.05. The molecule has 1 aromatic heterocycles. The molecule has 1 saturated heterocycles. The third-order valence-corrected chi connectivity index (χ3v) is 5.50. The first kappa shape index (κ1) is 24.8. The highest BCUT2D eigenvalue weighted by Crippen LogP contribution is 2.24. The minimum absolute atomic E-state index is 0.0741. The summed E-state index contributed by atoms with van der Waals surface area (Å²) in [5.41, 5.74) is 1.11. The van der Waals surface area contributed by atoms with E-state index in [0.29, 0.717) is 44.2 Å². The molecule has 1 N–H and O–H groups in total. The molecule has 180 valence electrons. The lowest BCUT2D eigenvalue weighted by Gasteiger charge is -2.34. The summed E-state index contributed by atoms with van der Waals surface area (Å²) in [7, 11) is 1.26. The van der Waals surface area contributed by atoms with Crippen LogP contribution in [0, 0.1) is 6.92 Å². The molecule has 0 saturated carbocycles. The normalized spacial score (nSPS) is 15.3. The Morgan fingerprint density at radius 3 is 2.30 bits per heavy atom. The topological polar surface area (TPSA) is 88.9 Å². The minimum Gasteiger partial charge on any atom is -0.464 e. The van der Waals surface area contributed by atoms with Crippen molar-refractivity contribution < 1.29 is 32.2 Å². The van der Waals surface area contributed by atoms with E-state index >= 15 is 0 Å². The predicted molar refractivity (Wildman–Crippen MR) is 113 cm³/mol. The molecule has 13 heteroatoms. The van der Waals surface area contributed by atoms with Gasteiger partial charge in [-0.25, -0.2) is 4.79 Å². The van der Waals surface area contributed by atoms with Gasteiger partial charge in [-0.3, -0.25) is 19.3 Å². The van der Waals surface area contributed by atoms with E-state index in [1.54, 1.807) is 11.6 Å².